The number of aromatic nitrogens is 2. The maximum atomic E-state index is 13.4. The van der Waals surface area contributed by atoms with Crippen LogP contribution in [0.25, 0.3) is 5.52 Å². The van der Waals surface area contributed by atoms with Gasteiger partial charge < -0.3 is 19.5 Å². The summed E-state index contributed by atoms with van der Waals surface area (Å²) in [6.45, 7) is 5.61. The molecule has 0 atom stereocenters. The number of hydrogen-bond acceptors (Lipinski definition) is 5. The third-order valence-electron chi connectivity index (χ3n) is 7.89. The lowest BCUT2D eigenvalue weighted by atomic mass is 9.96. The van der Waals surface area contributed by atoms with Crippen LogP contribution in [0, 0.1) is 6.92 Å². The summed E-state index contributed by atoms with van der Waals surface area (Å²) in [5, 5.41) is 2.84. The average molecular weight is 508 g/mol. The van der Waals surface area contributed by atoms with Crippen molar-refractivity contribution in [2.24, 2.45) is 0 Å². The van der Waals surface area contributed by atoms with Crippen molar-refractivity contribution in [2.45, 2.75) is 38.5 Å². The number of hydrogen-bond donors (Lipinski definition) is 1. The van der Waals surface area contributed by atoms with Crippen LogP contribution in [0.5, 0.6) is 0 Å². The van der Waals surface area contributed by atoms with Crippen LogP contribution in [0.1, 0.15) is 53.3 Å². The number of piperazine rings is 1. The van der Waals surface area contributed by atoms with E-state index in [9.17, 15) is 9.59 Å². The van der Waals surface area contributed by atoms with E-state index in [0.717, 1.165) is 67.3 Å². The van der Waals surface area contributed by atoms with Crippen LogP contribution in [0.3, 0.4) is 0 Å². The molecule has 1 N–H and O–H groups in total. The molecule has 194 valence electrons. The van der Waals surface area contributed by atoms with E-state index in [2.05, 4.69) is 38.3 Å². The first kappa shape index (κ1) is 24.2. The molecule has 1 saturated carbocycles. The summed E-state index contributed by atoms with van der Waals surface area (Å²) in [5.74, 6) is 0.283. The molecule has 6 rings (SSSR count). The number of carbonyl (C=O) groups excluding carboxylic acids is 2. The number of nitrogens with zero attached hydrogens (tertiary/aromatic N) is 4. The number of nitrogens with one attached hydrogen (secondary N) is 1. The Balaban J connectivity index is 1.13. The van der Waals surface area contributed by atoms with Crippen molar-refractivity contribution < 1.29 is 9.59 Å². The highest BCUT2D eigenvalue weighted by Gasteiger charge is 2.29. The number of anilines is 3. The van der Waals surface area contributed by atoms with Crippen molar-refractivity contribution in [1.29, 1.82) is 0 Å². The van der Waals surface area contributed by atoms with Gasteiger partial charge in [0.25, 0.3) is 11.7 Å². The molecule has 1 saturated heterocycles. The Bertz CT molecular complexity index is 1460. The number of Topliss-reactive ketones (excluding diaryl/α,β-unsaturated/α-hetero) is 1. The molecule has 7 nitrogen and oxygen atoms in total. The molecule has 2 fully saturated rings. The van der Waals surface area contributed by atoms with Gasteiger partial charge in [-0.3, -0.25) is 9.59 Å². The molecule has 4 aromatic rings. The first-order valence-corrected chi connectivity index (χ1v) is 13.6. The Morgan fingerprint density at radius 3 is 2.34 bits per heavy atom. The average Bonchev–Trinajstić information content (AvgIpc) is 3.61. The molecule has 1 aliphatic carbocycles. The van der Waals surface area contributed by atoms with Gasteiger partial charge in [0.15, 0.2) is 0 Å². The number of carbonyl (C=O) groups is 2. The minimum Gasteiger partial charge on any atom is -0.368 e. The Kier molecular flexibility index (Phi) is 6.58. The Morgan fingerprint density at radius 2 is 1.61 bits per heavy atom. The van der Waals surface area contributed by atoms with Gasteiger partial charge in [-0.1, -0.05) is 25.0 Å². The first-order valence-electron chi connectivity index (χ1n) is 13.6. The fourth-order valence-electron chi connectivity index (χ4n) is 5.88. The Hall–Kier alpha value is -4.13. The summed E-state index contributed by atoms with van der Waals surface area (Å²) >= 11 is 0. The number of benzene rings is 1. The maximum Gasteiger partial charge on any atom is 0.298 e. The second kappa shape index (κ2) is 10.3. The van der Waals surface area contributed by atoms with E-state index >= 15 is 0 Å². The van der Waals surface area contributed by atoms with Crippen molar-refractivity contribution >= 4 is 34.4 Å². The third-order valence-corrected chi connectivity index (χ3v) is 7.89. The molecule has 4 heterocycles. The van der Waals surface area contributed by atoms with Gasteiger partial charge in [0.2, 0.25) is 0 Å². The minimum atomic E-state index is -0.597. The zero-order chi connectivity index (χ0) is 26.1. The molecule has 38 heavy (non-hydrogen) atoms. The van der Waals surface area contributed by atoms with Crippen LogP contribution in [0.4, 0.5) is 17.2 Å². The van der Waals surface area contributed by atoms with Crippen LogP contribution in [0.15, 0.2) is 72.9 Å². The van der Waals surface area contributed by atoms with Crippen molar-refractivity contribution in [3.63, 3.8) is 0 Å². The molecule has 0 radical (unpaired) electrons. The van der Waals surface area contributed by atoms with Crippen LogP contribution < -0.4 is 15.1 Å². The lowest BCUT2D eigenvalue weighted by Gasteiger charge is -2.36. The van der Waals surface area contributed by atoms with E-state index in [1.165, 1.54) is 12.8 Å². The fraction of sp³-hybridized carbons (Fsp3) is 0.323. The normalized spacial score (nSPS) is 16.2. The molecule has 0 bridgehead atoms. The molecule has 0 spiro atoms. The molecule has 0 unspecified atom stereocenters. The summed E-state index contributed by atoms with van der Waals surface area (Å²) in [7, 11) is 0. The van der Waals surface area contributed by atoms with Crippen molar-refractivity contribution in [2.75, 3.05) is 41.3 Å². The highest BCUT2D eigenvalue weighted by Crippen LogP contribution is 2.37. The lowest BCUT2D eigenvalue weighted by molar-refractivity contribution is -0.112. The summed E-state index contributed by atoms with van der Waals surface area (Å²) < 4.78 is 1.87. The van der Waals surface area contributed by atoms with Crippen LogP contribution in [-0.4, -0.2) is 47.3 Å². The molecule has 3 aromatic heterocycles. The highest BCUT2D eigenvalue weighted by atomic mass is 16.2. The fourth-order valence-corrected chi connectivity index (χ4v) is 5.88. The maximum absolute atomic E-state index is 13.4. The predicted molar refractivity (Wildman–Crippen MR) is 151 cm³/mol. The summed E-state index contributed by atoms with van der Waals surface area (Å²) in [5.41, 5.74) is 5.21. The lowest BCUT2D eigenvalue weighted by Crippen LogP contribution is -2.46. The van der Waals surface area contributed by atoms with Crippen LogP contribution in [0.2, 0.25) is 0 Å². The number of amides is 1. The predicted octanol–water partition coefficient (Wildman–Crippen LogP) is 5.45. The summed E-state index contributed by atoms with van der Waals surface area (Å²) in [6, 6.07) is 21.8. The zero-order valence-electron chi connectivity index (χ0n) is 21.8. The second-order valence-electron chi connectivity index (χ2n) is 10.4. The molecule has 1 aromatic carbocycles. The van der Waals surface area contributed by atoms with Gasteiger partial charge in [-0.05, 0) is 85.8 Å². The van der Waals surface area contributed by atoms with Crippen molar-refractivity contribution in [1.82, 2.24) is 9.38 Å². The van der Waals surface area contributed by atoms with E-state index in [-0.39, 0.29) is 0 Å². The van der Waals surface area contributed by atoms with Gasteiger partial charge in [-0.25, -0.2) is 4.98 Å². The molecule has 1 amide bonds. The van der Waals surface area contributed by atoms with E-state index in [1.807, 2.05) is 66.1 Å². The Morgan fingerprint density at radius 1 is 0.868 bits per heavy atom. The number of aryl methyl sites for hydroxylation is 1. The van der Waals surface area contributed by atoms with Crippen LogP contribution in [-0.2, 0) is 4.79 Å². The van der Waals surface area contributed by atoms with Crippen molar-refractivity contribution in [3.05, 3.63) is 89.9 Å². The minimum absolute atomic E-state index is 0.336. The van der Waals surface area contributed by atoms with Gasteiger partial charge in [0, 0.05) is 55.0 Å². The van der Waals surface area contributed by atoms with Gasteiger partial charge in [0.05, 0.1) is 0 Å². The molecule has 7 heteroatoms. The van der Waals surface area contributed by atoms with E-state index in [1.54, 1.807) is 0 Å². The molecular weight excluding hydrogens is 474 g/mol. The zero-order valence-corrected chi connectivity index (χ0v) is 21.8. The monoisotopic (exact) mass is 507 g/mol. The summed E-state index contributed by atoms with van der Waals surface area (Å²) in [4.78, 5) is 35.8. The largest absolute Gasteiger partial charge is 0.368 e. The van der Waals surface area contributed by atoms with Gasteiger partial charge in [-0.2, -0.15) is 0 Å². The second-order valence-corrected chi connectivity index (χ2v) is 10.4. The van der Waals surface area contributed by atoms with E-state index < -0.39 is 11.7 Å². The summed E-state index contributed by atoms with van der Waals surface area (Å²) in [6.07, 6.45) is 6.34. The first-order chi connectivity index (χ1) is 18.6. The topological polar surface area (TPSA) is 70.0 Å². The SMILES string of the molecule is Cc1cccc(N2CCN(c3ccc(NC(=O)C(=O)c4c(C5CCCC5)cc5ccccn45)cc3)CC2)n1. The number of rotatable bonds is 6. The standard InChI is InChI=1S/C31H33N5O2/c1-22-7-6-11-28(32-22)35-19-17-34(18-20-35)25-14-12-24(13-15-25)33-31(38)30(37)29-27(23-8-2-3-9-23)21-26-10-4-5-16-36(26)29/h4-7,10-16,21,23H,2-3,8-9,17-20H2,1H3,(H,33,38). The van der Waals surface area contributed by atoms with Crippen LogP contribution >= 0.6 is 0 Å². The molecule has 2 aliphatic rings. The van der Waals surface area contributed by atoms with Crippen molar-refractivity contribution in [3.8, 4) is 0 Å². The number of fused-ring (bicyclic) bond motifs is 1. The van der Waals surface area contributed by atoms with E-state index in [0.29, 0.717) is 17.3 Å². The van der Waals surface area contributed by atoms with Gasteiger partial charge in [-0.15, -0.1) is 0 Å². The number of pyridine rings is 2. The molecular formula is C31H33N5O2. The quantitative estimate of drug-likeness (QED) is 0.278. The Labute approximate surface area is 223 Å². The number of ketones is 1. The smallest absolute Gasteiger partial charge is 0.298 e. The van der Waals surface area contributed by atoms with Gasteiger partial charge >= 0.3 is 0 Å². The highest BCUT2D eigenvalue weighted by molar-refractivity contribution is 6.46. The third kappa shape index (κ3) is 4.76. The van der Waals surface area contributed by atoms with E-state index in [4.69, 9.17) is 0 Å². The molecule has 1 aliphatic heterocycles. The van der Waals surface area contributed by atoms with Gasteiger partial charge in [0.1, 0.15) is 11.5 Å².